The van der Waals surface area contributed by atoms with Gasteiger partial charge in [-0.15, -0.1) is 0 Å². The van der Waals surface area contributed by atoms with Gasteiger partial charge in [-0.25, -0.2) is 4.18 Å². The van der Waals surface area contributed by atoms with Crippen molar-refractivity contribution < 1.29 is 26.7 Å². The Bertz CT molecular complexity index is 449. The van der Waals surface area contributed by atoms with Gasteiger partial charge in [0.15, 0.2) is 0 Å². The van der Waals surface area contributed by atoms with Gasteiger partial charge in [0.25, 0.3) is 0 Å². The molecule has 0 radical (unpaired) electrons. The normalized spacial score (nSPS) is 12.9. The van der Waals surface area contributed by atoms with Crippen molar-refractivity contribution in [2.75, 3.05) is 6.61 Å². The number of unbranched alkanes of at least 4 members (excludes halogenated alkanes) is 11. The van der Waals surface area contributed by atoms with Crippen molar-refractivity contribution in [2.45, 2.75) is 116 Å². The molecule has 0 aromatic carbocycles. The molecule has 0 saturated heterocycles. The molecule has 27 heavy (non-hydrogen) atoms. The summed E-state index contributed by atoms with van der Waals surface area (Å²) in [6, 6.07) is 0. The lowest BCUT2D eigenvalue weighted by Crippen LogP contribution is -2.18. The molecule has 162 valence electrons. The SMILES string of the molecule is CCCCCCCCCC(CCCCCCCCOC(C)=O)OS(=O)(=O)O. The molecule has 6 nitrogen and oxygen atoms in total. The minimum atomic E-state index is -4.38. The van der Waals surface area contributed by atoms with Gasteiger partial charge in [-0.3, -0.25) is 9.35 Å². The Hall–Kier alpha value is -0.660. The largest absolute Gasteiger partial charge is 0.466 e. The van der Waals surface area contributed by atoms with Gasteiger partial charge < -0.3 is 4.74 Å². The second kappa shape index (κ2) is 17.4. The van der Waals surface area contributed by atoms with Crippen LogP contribution in [0.15, 0.2) is 0 Å². The minimum absolute atomic E-state index is 0.235. The highest BCUT2D eigenvalue weighted by Gasteiger charge is 2.16. The van der Waals surface area contributed by atoms with Crippen LogP contribution >= 0.6 is 0 Å². The molecule has 0 rings (SSSR count). The highest BCUT2D eigenvalue weighted by atomic mass is 32.3. The fourth-order valence-electron chi connectivity index (χ4n) is 3.14. The standard InChI is InChI=1S/C20H40O6S/c1-3-4-5-6-7-10-13-16-20(26-27(22,23)24)17-14-11-8-9-12-15-18-25-19(2)21/h20H,3-18H2,1-2H3,(H,22,23,24). The molecule has 0 aromatic rings. The molecule has 1 unspecified atom stereocenters. The third-order valence-electron chi connectivity index (χ3n) is 4.61. The number of ether oxygens (including phenoxy) is 1. The van der Waals surface area contributed by atoms with Crippen LogP contribution in [-0.2, 0) is 24.1 Å². The lowest BCUT2D eigenvalue weighted by molar-refractivity contribution is -0.141. The van der Waals surface area contributed by atoms with Gasteiger partial charge in [0.1, 0.15) is 0 Å². The Kier molecular flexibility index (Phi) is 17.0. The van der Waals surface area contributed by atoms with E-state index in [2.05, 4.69) is 6.92 Å². The molecule has 0 aliphatic heterocycles. The van der Waals surface area contributed by atoms with E-state index in [-0.39, 0.29) is 5.97 Å². The zero-order valence-corrected chi connectivity index (χ0v) is 18.1. The molecule has 1 N–H and O–H groups in total. The molecule has 0 saturated carbocycles. The van der Waals surface area contributed by atoms with Gasteiger partial charge in [-0.2, -0.15) is 8.42 Å². The topological polar surface area (TPSA) is 89.9 Å². The summed E-state index contributed by atoms with van der Waals surface area (Å²) in [7, 11) is -4.38. The van der Waals surface area contributed by atoms with E-state index in [0.717, 1.165) is 51.4 Å². The summed E-state index contributed by atoms with van der Waals surface area (Å²) >= 11 is 0. The van der Waals surface area contributed by atoms with Crippen molar-refractivity contribution in [3.63, 3.8) is 0 Å². The van der Waals surface area contributed by atoms with E-state index in [0.29, 0.717) is 19.4 Å². The quantitative estimate of drug-likeness (QED) is 0.170. The average Bonchev–Trinajstić information content (AvgIpc) is 2.57. The number of carbonyl (C=O) groups excluding carboxylic acids is 1. The third-order valence-corrected chi connectivity index (χ3v) is 5.13. The van der Waals surface area contributed by atoms with Gasteiger partial charge in [0, 0.05) is 6.92 Å². The van der Waals surface area contributed by atoms with Gasteiger partial charge in [0.2, 0.25) is 0 Å². The zero-order chi connectivity index (χ0) is 20.4. The van der Waals surface area contributed by atoms with Crippen LogP contribution in [-0.4, -0.2) is 31.7 Å². The van der Waals surface area contributed by atoms with Crippen LogP contribution in [0.3, 0.4) is 0 Å². The van der Waals surface area contributed by atoms with Crippen molar-refractivity contribution in [1.29, 1.82) is 0 Å². The van der Waals surface area contributed by atoms with Crippen LogP contribution in [0.2, 0.25) is 0 Å². The lowest BCUT2D eigenvalue weighted by atomic mass is 10.0. The Morgan fingerprint density at radius 2 is 1.26 bits per heavy atom. The Labute approximate surface area is 166 Å². The fourth-order valence-corrected chi connectivity index (χ4v) is 3.68. The first-order valence-corrected chi connectivity index (χ1v) is 12.0. The molecule has 0 aromatic heterocycles. The van der Waals surface area contributed by atoms with Crippen molar-refractivity contribution in [3.05, 3.63) is 0 Å². The molecule has 0 amide bonds. The lowest BCUT2D eigenvalue weighted by Gasteiger charge is -2.15. The summed E-state index contributed by atoms with van der Waals surface area (Å²) in [5.74, 6) is -0.235. The number of esters is 1. The first-order chi connectivity index (χ1) is 12.8. The molecule has 7 heteroatoms. The number of hydrogen-bond donors (Lipinski definition) is 1. The second-order valence-corrected chi connectivity index (χ2v) is 8.35. The molecular weight excluding hydrogens is 368 g/mol. The summed E-state index contributed by atoms with van der Waals surface area (Å²) in [5, 5.41) is 0. The van der Waals surface area contributed by atoms with Crippen LogP contribution in [0.1, 0.15) is 110 Å². The third kappa shape index (κ3) is 21.5. The van der Waals surface area contributed by atoms with Gasteiger partial charge >= 0.3 is 16.4 Å². The smallest absolute Gasteiger partial charge is 0.397 e. The van der Waals surface area contributed by atoms with Crippen LogP contribution in [0.25, 0.3) is 0 Å². The molecule has 0 heterocycles. The minimum Gasteiger partial charge on any atom is -0.466 e. The van der Waals surface area contributed by atoms with Gasteiger partial charge in [-0.1, -0.05) is 84.0 Å². The predicted octanol–water partition coefficient (Wildman–Crippen LogP) is 5.61. The first-order valence-electron chi connectivity index (χ1n) is 10.6. The number of carbonyl (C=O) groups is 1. The Balaban J connectivity index is 3.78. The van der Waals surface area contributed by atoms with Crippen LogP contribution in [0, 0.1) is 0 Å². The van der Waals surface area contributed by atoms with E-state index < -0.39 is 16.5 Å². The van der Waals surface area contributed by atoms with Crippen molar-refractivity contribution in [3.8, 4) is 0 Å². The summed E-state index contributed by atoms with van der Waals surface area (Å²) in [6.07, 6.45) is 15.1. The maximum absolute atomic E-state index is 11.0. The maximum Gasteiger partial charge on any atom is 0.397 e. The molecule has 0 bridgehead atoms. The van der Waals surface area contributed by atoms with E-state index in [1.54, 1.807) is 0 Å². The van der Waals surface area contributed by atoms with E-state index in [1.165, 1.54) is 39.0 Å². The fraction of sp³-hybridized carbons (Fsp3) is 0.950. The van der Waals surface area contributed by atoms with E-state index in [9.17, 15) is 13.2 Å². The summed E-state index contributed by atoms with van der Waals surface area (Å²) in [4.78, 5) is 10.6. The van der Waals surface area contributed by atoms with E-state index in [4.69, 9.17) is 13.5 Å². The summed E-state index contributed by atoms with van der Waals surface area (Å²) < 4.78 is 40.8. The molecule has 0 aliphatic rings. The van der Waals surface area contributed by atoms with Crippen LogP contribution in [0.5, 0.6) is 0 Å². The van der Waals surface area contributed by atoms with Crippen molar-refractivity contribution in [2.24, 2.45) is 0 Å². The molecule has 0 fully saturated rings. The number of hydrogen-bond acceptors (Lipinski definition) is 5. The second-order valence-electron chi connectivity index (χ2n) is 7.31. The highest BCUT2D eigenvalue weighted by molar-refractivity contribution is 7.80. The van der Waals surface area contributed by atoms with Crippen LogP contribution in [0.4, 0.5) is 0 Å². The van der Waals surface area contributed by atoms with Gasteiger partial charge in [-0.05, 0) is 19.3 Å². The first kappa shape index (κ1) is 26.3. The van der Waals surface area contributed by atoms with Crippen molar-refractivity contribution >= 4 is 16.4 Å². The summed E-state index contributed by atoms with van der Waals surface area (Å²) in [5.41, 5.74) is 0. The van der Waals surface area contributed by atoms with Gasteiger partial charge in [0.05, 0.1) is 12.7 Å². The average molecular weight is 409 g/mol. The highest BCUT2D eigenvalue weighted by Crippen LogP contribution is 2.18. The predicted molar refractivity (Wildman–Crippen MR) is 108 cm³/mol. The zero-order valence-electron chi connectivity index (χ0n) is 17.3. The van der Waals surface area contributed by atoms with E-state index >= 15 is 0 Å². The molecular formula is C20H40O6S. The Morgan fingerprint density at radius 3 is 1.70 bits per heavy atom. The van der Waals surface area contributed by atoms with Crippen LogP contribution < -0.4 is 0 Å². The van der Waals surface area contributed by atoms with Crippen molar-refractivity contribution in [1.82, 2.24) is 0 Å². The Morgan fingerprint density at radius 1 is 0.815 bits per heavy atom. The number of rotatable bonds is 19. The molecule has 0 spiro atoms. The monoisotopic (exact) mass is 408 g/mol. The maximum atomic E-state index is 11.0. The van der Waals surface area contributed by atoms with E-state index in [1.807, 2.05) is 0 Å². The molecule has 1 atom stereocenters. The summed E-state index contributed by atoms with van der Waals surface area (Å²) in [6.45, 7) is 4.09. The molecule has 0 aliphatic carbocycles.